The Morgan fingerprint density at radius 3 is 1.35 bits per heavy atom. The van der Waals surface area contributed by atoms with Crippen molar-refractivity contribution < 1.29 is 66.8 Å². The number of ether oxygens (including phenoxy) is 6. The summed E-state index contributed by atoms with van der Waals surface area (Å²) < 4.78 is 32.8. The average Bonchev–Trinajstić information content (AvgIpc) is 3.43. The normalized spacial score (nSPS) is 12.4. The van der Waals surface area contributed by atoms with Crippen LogP contribution in [-0.4, -0.2) is 111 Å². The molecule has 8 N–H and O–H groups in total. The molecule has 0 aliphatic heterocycles. The summed E-state index contributed by atoms with van der Waals surface area (Å²) in [6, 6.07) is 30.7. The van der Waals surface area contributed by atoms with E-state index in [-0.39, 0.29) is 90.8 Å². The van der Waals surface area contributed by atoms with Crippen molar-refractivity contribution in [2.75, 3.05) is 39.5 Å². The van der Waals surface area contributed by atoms with Crippen molar-refractivity contribution >= 4 is 47.5 Å². The van der Waals surface area contributed by atoms with E-state index in [1.54, 1.807) is 109 Å². The number of amides is 4. The summed E-state index contributed by atoms with van der Waals surface area (Å²) in [4.78, 5) is 106. The van der Waals surface area contributed by atoms with Gasteiger partial charge in [-0.25, -0.2) is 9.59 Å². The van der Waals surface area contributed by atoms with Gasteiger partial charge in [0.1, 0.15) is 51.2 Å². The van der Waals surface area contributed by atoms with Crippen molar-refractivity contribution in [1.82, 2.24) is 21.3 Å². The number of benzene rings is 4. The summed E-state index contributed by atoms with van der Waals surface area (Å²) in [5.41, 5.74) is 14.2. The Balaban J connectivity index is 1.42. The quantitative estimate of drug-likeness (QED) is 0.0216. The van der Waals surface area contributed by atoms with E-state index in [0.717, 1.165) is 24.0 Å². The number of unbranched alkanes of at least 4 members (excludes halogenated alkanes) is 1. The van der Waals surface area contributed by atoms with Crippen LogP contribution in [0.5, 0.6) is 0 Å². The largest absolute Gasteiger partial charge is 0.461 e. The first-order valence-corrected chi connectivity index (χ1v) is 25.0. The van der Waals surface area contributed by atoms with Crippen LogP contribution in [0.3, 0.4) is 0 Å². The molecular formula is C55H70N6O14. The summed E-state index contributed by atoms with van der Waals surface area (Å²) in [7, 11) is 0. The second-order valence-corrected chi connectivity index (χ2v) is 17.2. The number of nitrogens with two attached hydrogens (primary N) is 2. The minimum Gasteiger partial charge on any atom is -0.461 e. The predicted octanol–water partition coefficient (Wildman–Crippen LogP) is 3.36. The number of rotatable bonds is 36. The van der Waals surface area contributed by atoms with Gasteiger partial charge in [-0.05, 0) is 60.9 Å². The molecule has 0 aromatic heterocycles. The van der Waals surface area contributed by atoms with Crippen molar-refractivity contribution in [2.45, 2.75) is 108 Å². The van der Waals surface area contributed by atoms with E-state index in [1.165, 1.54) is 0 Å². The first kappa shape index (κ1) is 60.0. The van der Waals surface area contributed by atoms with Gasteiger partial charge in [0.2, 0.25) is 23.6 Å². The smallest absolute Gasteiger partial charge is 0.328 e. The van der Waals surface area contributed by atoms with Gasteiger partial charge in [0.05, 0.1) is 25.9 Å². The third-order valence-electron chi connectivity index (χ3n) is 11.2. The molecule has 0 spiro atoms. The minimum atomic E-state index is -1.47. The number of carbonyl (C=O) groups excluding carboxylic acids is 8. The van der Waals surface area contributed by atoms with Crippen molar-refractivity contribution in [1.29, 1.82) is 0 Å². The van der Waals surface area contributed by atoms with Crippen LogP contribution in [0.4, 0.5) is 0 Å². The van der Waals surface area contributed by atoms with E-state index in [4.69, 9.17) is 39.9 Å². The van der Waals surface area contributed by atoms with Crippen molar-refractivity contribution in [2.24, 2.45) is 11.5 Å². The highest BCUT2D eigenvalue weighted by Crippen LogP contribution is 2.12. The lowest BCUT2D eigenvalue weighted by molar-refractivity contribution is -0.151. The van der Waals surface area contributed by atoms with Crippen LogP contribution in [0.1, 0.15) is 80.0 Å². The zero-order chi connectivity index (χ0) is 53.9. The molecule has 0 saturated carbocycles. The van der Waals surface area contributed by atoms with Gasteiger partial charge >= 0.3 is 23.9 Å². The molecule has 0 fully saturated rings. The molecule has 0 saturated heterocycles. The number of hydrogen-bond donors (Lipinski definition) is 6. The molecule has 0 radical (unpaired) electrons. The van der Waals surface area contributed by atoms with Gasteiger partial charge in [0.15, 0.2) is 0 Å². The maximum absolute atomic E-state index is 14.1. The maximum Gasteiger partial charge on any atom is 0.328 e. The van der Waals surface area contributed by atoms with Gasteiger partial charge < -0.3 is 61.2 Å². The molecule has 0 heterocycles. The van der Waals surface area contributed by atoms with Gasteiger partial charge in [-0.1, -0.05) is 128 Å². The minimum absolute atomic E-state index is 0.000703. The molecule has 4 rings (SSSR count). The second kappa shape index (κ2) is 35.6. The molecule has 404 valence electrons. The average molecular weight is 1040 g/mol. The van der Waals surface area contributed by atoms with Gasteiger partial charge in [-0.15, -0.1) is 0 Å². The Bertz CT molecular complexity index is 2350. The second-order valence-electron chi connectivity index (χ2n) is 17.2. The first-order valence-electron chi connectivity index (χ1n) is 25.0. The van der Waals surface area contributed by atoms with Crippen LogP contribution >= 0.6 is 0 Å². The summed E-state index contributed by atoms with van der Waals surface area (Å²) in [5.74, 6) is -5.69. The molecule has 4 aromatic rings. The van der Waals surface area contributed by atoms with E-state index < -0.39 is 78.8 Å². The fourth-order valence-corrected chi connectivity index (χ4v) is 7.02. The highest BCUT2D eigenvalue weighted by molar-refractivity contribution is 5.92. The Morgan fingerprint density at radius 1 is 0.440 bits per heavy atom. The summed E-state index contributed by atoms with van der Waals surface area (Å²) >= 11 is 0. The molecule has 4 amide bonds. The highest BCUT2D eigenvalue weighted by atomic mass is 16.5. The first-order chi connectivity index (χ1) is 36.4. The van der Waals surface area contributed by atoms with Crippen molar-refractivity contribution in [3.63, 3.8) is 0 Å². The summed E-state index contributed by atoms with van der Waals surface area (Å²) in [6.45, 7) is 0.0361. The predicted molar refractivity (Wildman–Crippen MR) is 274 cm³/mol. The Kier molecular flexibility index (Phi) is 28.5. The zero-order valence-corrected chi connectivity index (χ0v) is 42.2. The number of esters is 4. The van der Waals surface area contributed by atoms with Gasteiger partial charge in [0.25, 0.3) is 0 Å². The number of hydrogen-bond acceptors (Lipinski definition) is 16. The Morgan fingerprint density at radius 2 is 0.867 bits per heavy atom. The lowest BCUT2D eigenvalue weighted by Gasteiger charge is -2.23. The Labute approximate surface area is 437 Å². The van der Waals surface area contributed by atoms with Crippen LogP contribution in [0.2, 0.25) is 0 Å². The fourth-order valence-electron chi connectivity index (χ4n) is 7.02. The van der Waals surface area contributed by atoms with Crippen LogP contribution in [-0.2, 0) is 93.2 Å². The van der Waals surface area contributed by atoms with Crippen LogP contribution in [0, 0.1) is 0 Å². The molecule has 0 aliphatic rings. The van der Waals surface area contributed by atoms with E-state index in [1.807, 2.05) is 12.1 Å². The van der Waals surface area contributed by atoms with Crippen molar-refractivity contribution in [3.8, 4) is 0 Å². The number of carbonyl (C=O) groups is 8. The molecule has 4 aromatic carbocycles. The van der Waals surface area contributed by atoms with Crippen molar-refractivity contribution in [3.05, 3.63) is 144 Å². The van der Waals surface area contributed by atoms with E-state index >= 15 is 0 Å². The molecule has 0 bridgehead atoms. The lowest BCUT2D eigenvalue weighted by atomic mass is 10.1. The van der Waals surface area contributed by atoms with E-state index in [0.29, 0.717) is 24.1 Å². The van der Waals surface area contributed by atoms with E-state index in [2.05, 4.69) is 21.3 Å². The van der Waals surface area contributed by atoms with E-state index in [9.17, 15) is 38.4 Å². The molecule has 20 nitrogen and oxygen atoms in total. The molecule has 4 unspecified atom stereocenters. The van der Waals surface area contributed by atoms with Gasteiger partial charge in [0, 0.05) is 25.8 Å². The molecule has 75 heavy (non-hydrogen) atoms. The molecule has 0 aliphatic carbocycles. The van der Waals surface area contributed by atoms with Crippen LogP contribution in [0.15, 0.2) is 121 Å². The SMILES string of the molecule is NCCCCC(N)C(=O)NCCOCCOCC(=O)NC(CCC(=O)NC(CCC(=O)OCc1ccccc1)C(=O)OCc1ccccc1)C(=O)NC(CCC(=O)OCc1ccccc1)C(=O)OCc1ccccc1. The fraction of sp³-hybridized carbons (Fsp3) is 0.418. The molecule has 20 heteroatoms. The maximum atomic E-state index is 14.1. The topological polar surface area (TPSA) is 292 Å². The number of nitrogens with one attached hydrogen (secondary N) is 4. The Hall–Kier alpha value is -7.52. The van der Waals surface area contributed by atoms with Crippen LogP contribution < -0.4 is 32.7 Å². The van der Waals surface area contributed by atoms with Gasteiger partial charge in [-0.2, -0.15) is 0 Å². The summed E-state index contributed by atoms with van der Waals surface area (Å²) in [5, 5.41) is 10.4. The lowest BCUT2D eigenvalue weighted by Crippen LogP contribution is -2.53. The third kappa shape index (κ3) is 25.8. The standard InChI is InChI=1S/C55H70N6O14/c56-30-14-13-23-44(57)52(66)58-31-32-70-33-34-71-39-49(63)59-45(53(67)61-47(55(69)75-38-43-21-11-4-12-22-43)26-29-51(65)73-36-41-17-7-2-8-18-41)24-27-48(62)60-46(54(68)74-37-42-19-9-3-10-20-42)25-28-50(64)72-35-40-15-5-1-6-16-40/h1-12,15-22,44-47H,13-14,23-39,56-57H2,(H,58,66)(H,59,63)(H,60,62)(H,61,67). The monoisotopic (exact) mass is 1040 g/mol. The highest BCUT2D eigenvalue weighted by Gasteiger charge is 2.30. The third-order valence-corrected chi connectivity index (χ3v) is 11.2. The van der Waals surface area contributed by atoms with Crippen LogP contribution in [0.25, 0.3) is 0 Å². The summed E-state index contributed by atoms with van der Waals surface area (Å²) in [6.07, 6.45) is 0.211. The molecule has 4 atom stereocenters. The van der Waals surface area contributed by atoms with Gasteiger partial charge in [-0.3, -0.25) is 28.8 Å². The zero-order valence-electron chi connectivity index (χ0n) is 42.2. The molecular weight excluding hydrogens is 969 g/mol.